The summed E-state index contributed by atoms with van der Waals surface area (Å²) in [5.41, 5.74) is 3.29. The molecule has 0 aliphatic heterocycles. The van der Waals surface area contributed by atoms with Crippen LogP contribution in [0.4, 0.5) is 0 Å². The molecule has 1 unspecified atom stereocenters. The fourth-order valence-electron chi connectivity index (χ4n) is 2.23. The standard InChI is InChI=1S/C14H19ClO/c1-9-6-12(13(15)7-10(9)2)14(16)8-11-4-3-5-11/h6-7,11,14,16H,3-5,8H2,1-2H3. The third-order valence-electron chi connectivity index (χ3n) is 3.75. The molecule has 0 radical (unpaired) electrons. The molecule has 1 saturated carbocycles. The van der Waals surface area contributed by atoms with Crippen LogP contribution in [0.3, 0.4) is 0 Å². The lowest BCUT2D eigenvalue weighted by atomic mass is 9.80. The first kappa shape index (κ1) is 11.9. The smallest absolute Gasteiger partial charge is 0.0807 e. The van der Waals surface area contributed by atoms with Gasteiger partial charge in [0.2, 0.25) is 0 Å². The lowest BCUT2D eigenvalue weighted by Gasteiger charge is -2.28. The van der Waals surface area contributed by atoms with Gasteiger partial charge in [0, 0.05) is 5.02 Å². The molecule has 1 atom stereocenters. The van der Waals surface area contributed by atoms with E-state index in [1.54, 1.807) is 0 Å². The minimum Gasteiger partial charge on any atom is -0.388 e. The van der Waals surface area contributed by atoms with Crippen LogP contribution in [-0.4, -0.2) is 5.11 Å². The molecule has 1 nitrogen and oxygen atoms in total. The van der Waals surface area contributed by atoms with Gasteiger partial charge in [0.05, 0.1) is 6.10 Å². The Morgan fingerprint density at radius 1 is 1.31 bits per heavy atom. The van der Waals surface area contributed by atoms with Crippen molar-refractivity contribution in [1.29, 1.82) is 0 Å². The van der Waals surface area contributed by atoms with Crippen LogP contribution in [0.25, 0.3) is 0 Å². The molecule has 1 aromatic rings. The molecule has 2 rings (SSSR count). The molecule has 1 aromatic carbocycles. The van der Waals surface area contributed by atoms with E-state index in [2.05, 4.69) is 6.92 Å². The molecular weight excluding hydrogens is 220 g/mol. The zero-order valence-corrected chi connectivity index (χ0v) is 10.7. The summed E-state index contributed by atoms with van der Waals surface area (Å²) in [5.74, 6) is 0.702. The van der Waals surface area contributed by atoms with E-state index in [0.29, 0.717) is 10.9 Å². The van der Waals surface area contributed by atoms with Crippen molar-refractivity contribution in [3.63, 3.8) is 0 Å². The summed E-state index contributed by atoms with van der Waals surface area (Å²) in [6, 6.07) is 3.98. The van der Waals surface area contributed by atoms with Gasteiger partial charge in [-0.1, -0.05) is 36.9 Å². The first-order valence-corrected chi connectivity index (χ1v) is 6.40. The molecule has 1 aliphatic carbocycles. The Bertz CT molecular complexity index is 383. The summed E-state index contributed by atoms with van der Waals surface area (Å²) in [6.45, 7) is 4.11. The molecule has 16 heavy (non-hydrogen) atoms. The summed E-state index contributed by atoms with van der Waals surface area (Å²) in [5, 5.41) is 10.9. The average molecular weight is 239 g/mol. The highest BCUT2D eigenvalue weighted by Crippen LogP contribution is 2.37. The van der Waals surface area contributed by atoms with E-state index in [1.807, 2.05) is 19.1 Å². The number of aliphatic hydroxyl groups is 1. The van der Waals surface area contributed by atoms with E-state index in [-0.39, 0.29) is 0 Å². The molecule has 1 fully saturated rings. The summed E-state index contributed by atoms with van der Waals surface area (Å²) < 4.78 is 0. The van der Waals surface area contributed by atoms with Gasteiger partial charge in [-0.2, -0.15) is 0 Å². The zero-order chi connectivity index (χ0) is 11.7. The van der Waals surface area contributed by atoms with Crippen molar-refractivity contribution >= 4 is 11.6 Å². The lowest BCUT2D eigenvalue weighted by molar-refractivity contribution is 0.118. The van der Waals surface area contributed by atoms with Gasteiger partial charge in [0.1, 0.15) is 0 Å². The molecule has 0 bridgehead atoms. The number of halogens is 1. The monoisotopic (exact) mass is 238 g/mol. The normalized spacial score (nSPS) is 18.2. The minimum atomic E-state index is -0.392. The van der Waals surface area contributed by atoms with Crippen LogP contribution in [0.2, 0.25) is 5.02 Å². The number of hydrogen-bond acceptors (Lipinski definition) is 1. The molecule has 0 amide bonds. The fourth-order valence-corrected chi connectivity index (χ4v) is 2.57. The maximum Gasteiger partial charge on any atom is 0.0807 e. The molecule has 88 valence electrons. The van der Waals surface area contributed by atoms with Crippen LogP contribution < -0.4 is 0 Å². The van der Waals surface area contributed by atoms with E-state index in [1.165, 1.54) is 30.4 Å². The van der Waals surface area contributed by atoms with Gasteiger partial charge in [-0.25, -0.2) is 0 Å². The molecule has 0 spiro atoms. The van der Waals surface area contributed by atoms with Gasteiger partial charge < -0.3 is 5.11 Å². The first-order valence-electron chi connectivity index (χ1n) is 6.02. The Labute approximate surface area is 102 Å². The maximum absolute atomic E-state index is 10.2. The van der Waals surface area contributed by atoms with E-state index in [9.17, 15) is 5.11 Å². The predicted octanol–water partition coefficient (Wildman–Crippen LogP) is 4.18. The highest BCUT2D eigenvalue weighted by molar-refractivity contribution is 6.31. The molecule has 1 aliphatic rings. The Balaban J connectivity index is 2.14. The third-order valence-corrected chi connectivity index (χ3v) is 4.08. The maximum atomic E-state index is 10.2. The minimum absolute atomic E-state index is 0.392. The first-order chi connectivity index (χ1) is 7.58. The zero-order valence-electron chi connectivity index (χ0n) is 9.96. The van der Waals surface area contributed by atoms with Gasteiger partial charge in [-0.15, -0.1) is 0 Å². The summed E-state index contributed by atoms with van der Waals surface area (Å²) in [7, 11) is 0. The second-order valence-corrected chi connectivity index (χ2v) is 5.41. The molecule has 2 heteroatoms. The van der Waals surface area contributed by atoms with Crippen molar-refractivity contribution < 1.29 is 5.11 Å². The predicted molar refractivity (Wildman–Crippen MR) is 67.8 cm³/mol. The number of rotatable bonds is 3. The lowest BCUT2D eigenvalue weighted by Crippen LogP contribution is -2.15. The molecular formula is C14H19ClO. The van der Waals surface area contributed by atoms with Crippen LogP contribution in [0.15, 0.2) is 12.1 Å². The van der Waals surface area contributed by atoms with Crippen molar-refractivity contribution in [3.8, 4) is 0 Å². The number of aliphatic hydroxyl groups excluding tert-OH is 1. The van der Waals surface area contributed by atoms with Crippen molar-refractivity contribution in [2.75, 3.05) is 0 Å². The summed E-state index contributed by atoms with van der Waals surface area (Å²) in [6.07, 6.45) is 4.32. The summed E-state index contributed by atoms with van der Waals surface area (Å²) in [4.78, 5) is 0. The highest BCUT2D eigenvalue weighted by atomic mass is 35.5. The molecule has 1 N–H and O–H groups in total. The van der Waals surface area contributed by atoms with Crippen molar-refractivity contribution in [1.82, 2.24) is 0 Å². The number of aryl methyl sites for hydroxylation is 2. The van der Waals surface area contributed by atoms with E-state index in [4.69, 9.17) is 11.6 Å². The van der Waals surface area contributed by atoms with E-state index < -0.39 is 6.10 Å². The van der Waals surface area contributed by atoms with Crippen molar-refractivity contribution in [2.24, 2.45) is 5.92 Å². The summed E-state index contributed by atoms with van der Waals surface area (Å²) >= 11 is 6.18. The van der Waals surface area contributed by atoms with Crippen LogP contribution in [0.1, 0.15) is 48.5 Å². The van der Waals surface area contributed by atoms with Crippen LogP contribution in [0, 0.1) is 19.8 Å². The SMILES string of the molecule is Cc1cc(Cl)c(C(O)CC2CCC2)cc1C. The number of hydrogen-bond donors (Lipinski definition) is 1. The van der Waals surface area contributed by atoms with Gasteiger partial charge >= 0.3 is 0 Å². The Morgan fingerprint density at radius 2 is 1.94 bits per heavy atom. The Morgan fingerprint density at radius 3 is 2.50 bits per heavy atom. The quantitative estimate of drug-likeness (QED) is 0.838. The van der Waals surface area contributed by atoms with Crippen LogP contribution >= 0.6 is 11.6 Å². The topological polar surface area (TPSA) is 20.2 Å². The van der Waals surface area contributed by atoms with Crippen LogP contribution in [0.5, 0.6) is 0 Å². The number of benzene rings is 1. The second kappa shape index (κ2) is 4.77. The molecule has 0 aromatic heterocycles. The fraction of sp³-hybridized carbons (Fsp3) is 0.571. The largest absolute Gasteiger partial charge is 0.388 e. The van der Waals surface area contributed by atoms with Crippen molar-refractivity contribution in [2.45, 2.75) is 45.6 Å². The molecule has 0 heterocycles. The van der Waals surface area contributed by atoms with Crippen molar-refractivity contribution in [3.05, 3.63) is 33.8 Å². The van der Waals surface area contributed by atoms with Gasteiger partial charge in [-0.3, -0.25) is 0 Å². The Kier molecular flexibility index (Phi) is 3.56. The third kappa shape index (κ3) is 2.41. The van der Waals surface area contributed by atoms with Gasteiger partial charge in [0.15, 0.2) is 0 Å². The highest BCUT2D eigenvalue weighted by Gasteiger charge is 2.23. The van der Waals surface area contributed by atoms with Gasteiger partial charge in [0.25, 0.3) is 0 Å². The second-order valence-electron chi connectivity index (χ2n) is 5.01. The van der Waals surface area contributed by atoms with Crippen LogP contribution in [-0.2, 0) is 0 Å². The average Bonchev–Trinajstić information content (AvgIpc) is 2.17. The van der Waals surface area contributed by atoms with E-state index >= 15 is 0 Å². The van der Waals surface area contributed by atoms with E-state index in [0.717, 1.165) is 12.0 Å². The molecule has 0 saturated heterocycles. The van der Waals surface area contributed by atoms with Gasteiger partial charge in [-0.05, 0) is 48.9 Å². The Hall–Kier alpha value is -0.530.